The highest BCUT2D eigenvalue weighted by Crippen LogP contribution is 2.10. The van der Waals surface area contributed by atoms with Gasteiger partial charge in [-0.05, 0) is 19.1 Å². The minimum Gasteiger partial charge on any atom is -0.382 e. The maximum absolute atomic E-state index is 11.1. The van der Waals surface area contributed by atoms with Crippen molar-refractivity contribution in [3.05, 3.63) is 29.8 Å². The van der Waals surface area contributed by atoms with Gasteiger partial charge in [0.25, 0.3) is 0 Å². The molecule has 0 aliphatic heterocycles. The van der Waals surface area contributed by atoms with E-state index in [0.717, 1.165) is 0 Å². The molecule has 17 heavy (non-hydrogen) atoms. The summed E-state index contributed by atoms with van der Waals surface area (Å²) in [5, 5.41) is 19.3. The van der Waals surface area contributed by atoms with E-state index >= 15 is 0 Å². The van der Waals surface area contributed by atoms with E-state index < -0.39 is 5.84 Å². The van der Waals surface area contributed by atoms with Crippen LogP contribution >= 0.6 is 0 Å². The van der Waals surface area contributed by atoms with Crippen LogP contribution < -0.4 is 11.2 Å². The zero-order chi connectivity index (χ0) is 12.8. The van der Waals surface area contributed by atoms with E-state index in [-0.39, 0.29) is 11.5 Å². The molecule has 0 saturated heterocycles. The molecule has 6 nitrogen and oxygen atoms in total. The molecule has 0 fully saturated rings. The quantitative estimate of drug-likeness (QED) is 0.310. The van der Waals surface area contributed by atoms with Gasteiger partial charge in [-0.25, -0.2) is 0 Å². The van der Waals surface area contributed by atoms with E-state index in [1.165, 1.54) is 6.92 Å². The number of nitrogens with zero attached hydrogens (tertiary/aromatic N) is 2. The first-order chi connectivity index (χ1) is 8.04. The summed E-state index contributed by atoms with van der Waals surface area (Å²) in [4.78, 5) is 11.1. The van der Waals surface area contributed by atoms with E-state index in [0.29, 0.717) is 11.3 Å². The van der Waals surface area contributed by atoms with E-state index in [4.69, 9.17) is 16.4 Å². The van der Waals surface area contributed by atoms with Crippen LogP contribution in [0, 0.1) is 16.7 Å². The molecule has 86 valence electrons. The molecule has 4 N–H and O–H groups in total. The van der Waals surface area contributed by atoms with Crippen molar-refractivity contribution in [1.82, 2.24) is 0 Å². The lowest BCUT2D eigenvalue weighted by Gasteiger charge is -2.02. The van der Waals surface area contributed by atoms with Crippen LogP contribution in [0.4, 0.5) is 5.69 Å². The van der Waals surface area contributed by atoms with Crippen LogP contribution in [0.2, 0.25) is 0 Å². The maximum Gasteiger partial charge on any atom is 0.201 e. The van der Waals surface area contributed by atoms with Crippen molar-refractivity contribution in [2.45, 2.75) is 6.92 Å². The second kappa shape index (κ2) is 5.42. The van der Waals surface area contributed by atoms with Gasteiger partial charge in [0, 0.05) is 5.56 Å². The highest BCUT2D eigenvalue weighted by atomic mass is 16.1. The molecular weight excluding hydrogens is 218 g/mol. The molecule has 0 aliphatic carbocycles. The fourth-order valence-electron chi connectivity index (χ4n) is 1.07. The van der Waals surface area contributed by atoms with Crippen molar-refractivity contribution < 1.29 is 4.79 Å². The molecule has 0 saturated carbocycles. The van der Waals surface area contributed by atoms with Gasteiger partial charge in [0.1, 0.15) is 6.07 Å². The summed E-state index contributed by atoms with van der Waals surface area (Å²) >= 11 is 0. The van der Waals surface area contributed by atoms with Crippen molar-refractivity contribution >= 4 is 23.0 Å². The van der Waals surface area contributed by atoms with Crippen LogP contribution in [0.15, 0.2) is 29.4 Å². The number of carbonyl (C=O) groups excluding carboxylic acids is 1. The first-order valence-corrected chi connectivity index (χ1v) is 4.73. The normalized spacial score (nSPS) is 10.5. The van der Waals surface area contributed by atoms with Gasteiger partial charge < -0.3 is 5.73 Å². The number of ketones is 1. The lowest BCUT2D eigenvalue weighted by atomic mass is 10.1. The molecular formula is C11H11N5O. The van der Waals surface area contributed by atoms with Gasteiger partial charge >= 0.3 is 0 Å². The van der Waals surface area contributed by atoms with Gasteiger partial charge in [-0.2, -0.15) is 10.4 Å². The summed E-state index contributed by atoms with van der Waals surface area (Å²) in [5.74, 6) is -0.479. The summed E-state index contributed by atoms with van der Waals surface area (Å²) in [6.07, 6.45) is 0. The Balaban J connectivity index is 2.90. The summed E-state index contributed by atoms with van der Waals surface area (Å²) in [6, 6.07) is 8.33. The number of hydrogen-bond acceptors (Lipinski definition) is 5. The smallest absolute Gasteiger partial charge is 0.201 e. The number of nitrogens with two attached hydrogens (primary N) is 1. The number of amidine groups is 1. The zero-order valence-electron chi connectivity index (χ0n) is 9.19. The molecule has 0 amide bonds. The van der Waals surface area contributed by atoms with Gasteiger partial charge in [0.05, 0.1) is 5.69 Å². The van der Waals surface area contributed by atoms with Crippen LogP contribution in [0.25, 0.3) is 0 Å². The first kappa shape index (κ1) is 12.4. The van der Waals surface area contributed by atoms with Gasteiger partial charge in [-0.1, -0.05) is 12.1 Å². The monoisotopic (exact) mass is 229 g/mol. The van der Waals surface area contributed by atoms with Crippen LogP contribution in [-0.2, 0) is 0 Å². The van der Waals surface area contributed by atoms with E-state index in [1.807, 2.05) is 0 Å². The summed E-state index contributed by atoms with van der Waals surface area (Å²) < 4.78 is 0. The number of Topliss-reactive ketones (excluding diaryl/α,β-unsaturated/α-hetero) is 1. The van der Waals surface area contributed by atoms with Gasteiger partial charge in [-0.3, -0.25) is 15.6 Å². The molecule has 0 atom stereocenters. The molecule has 1 aromatic rings. The third-order valence-corrected chi connectivity index (χ3v) is 1.93. The average molecular weight is 229 g/mol. The summed E-state index contributed by atoms with van der Waals surface area (Å²) in [5.41, 5.74) is 8.56. The molecule has 0 bridgehead atoms. The highest BCUT2D eigenvalue weighted by molar-refractivity contribution is 6.45. The Morgan fingerprint density at radius 2 is 2.29 bits per heavy atom. The third-order valence-electron chi connectivity index (χ3n) is 1.93. The topological polar surface area (TPSA) is 115 Å². The Morgan fingerprint density at radius 1 is 1.59 bits per heavy atom. The molecule has 0 aliphatic rings. The number of nitrogens with one attached hydrogen (secondary N) is 2. The number of nitriles is 1. The maximum atomic E-state index is 11.1. The molecule has 0 unspecified atom stereocenters. The van der Waals surface area contributed by atoms with Crippen LogP contribution in [0.1, 0.15) is 17.3 Å². The van der Waals surface area contributed by atoms with E-state index in [1.54, 1.807) is 30.3 Å². The average Bonchev–Trinajstić information content (AvgIpc) is 2.29. The number of hydrazone groups is 1. The Labute approximate surface area is 98.3 Å². The largest absolute Gasteiger partial charge is 0.382 e. The number of carbonyl (C=O) groups is 1. The van der Waals surface area contributed by atoms with Gasteiger partial charge in [0.15, 0.2) is 11.6 Å². The SMILES string of the molecule is CC(=O)c1cccc(N/N=C(\C#N)C(=N)N)c1. The van der Waals surface area contributed by atoms with Crippen LogP contribution in [0.3, 0.4) is 0 Å². The van der Waals surface area contributed by atoms with E-state index in [9.17, 15) is 4.79 Å². The highest BCUT2D eigenvalue weighted by Gasteiger charge is 2.02. The van der Waals surface area contributed by atoms with Crippen molar-refractivity contribution in [3.63, 3.8) is 0 Å². The predicted molar refractivity (Wildman–Crippen MR) is 65.0 cm³/mol. The Morgan fingerprint density at radius 3 is 2.82 bits per heavy atom. The van der Waals surface area contributed by atoms with Crippen LogP contribution in [0.5, 0.6) is 0 Å². The lowest BCUT2D eigenvalue weighted by Crippen LogP contribution is -2.21. The summed E-state index contributed by atoms with van der Waals surface area (Å²) in [7, 11) is 0. The summed E-state index contributed by atoms with van der Waals surface area (Å²) in [6.45, 7) is 1.46. The molecule has 0 radical (unpaired) electrons. The second-order valence-corrected chi connectivity index (χ2v) is 3.23. The van der Waals surface area contributed by atoms with Crippen molar-refractivity contribution in [3.8, 4) is 6.07 Å². The Hall–Kier alpha value is -2.68. The van der Waals surface area contributed by atoms with E-state index in [2.05, 4.69) is 10.5 Å². The van der Waals surface area contributed by atoms with Gasteiger partial charge in [-0.15, -0.1) is 0 Å². The first-order valence-electron chi connectivity index (χ1n) is 4.73. The molecule has 6 heteroatoms. The molecule has 0 heterocycles. The second-order valence-electron chi connectivity index (χ2n) is 3.23. The number of benzene rings is 1. The molecule has 0 spiro atoms. The Kier molecular flexibility index (Phi) is 3.95. The Bertz CT molecular complexity index is 527. The van der Waals surface area contributed by atoms with Crippen molar-refractivity contribution in [2.75, 3.05) is 5.43 Å². The molecule has 1 aromatic carbocycles. The van der Waals surface area contributed by atoms with Crippen LogP contribution in [-0.4, -0.2) is 17.3 Å². The predicted octanol–water partition coefficient (Wildman–Crippen LogP) is 1.12. The fourth-order valence-corrected chi connectivity index (χ4v) is 1.07. The zero-order valence-corrected chi connectivity index (χ0v) is 9.19. The fraction of sp³-hybridized carbons (Fsp3) is 0.0909. The number of hydrogen-bond donors (Lipinski definition) is 3. The standard InChI is InChI=1S/C11H11N5O/c1-7(17)8-3-2-4-9(5-8)15-16-10(6-12)11(13)14/h2-5,15H,1H3,(H3,13,14)/b16-10+. The molecule has 0 aromatic heterocycles. The minimum atomic E-state index is -0.414. The lowest BCUT2D eigenvalue weighted by molar-refractivity contribution is 0.101. The number of rotatable bonds is 4. The minimum absolute atomic E-state index is 0.0651. The molecule has 1 rings (SSSR count). The third kappa shape index (κ3) is 3.43. The number of anilines is 1. The van der Waals surface area contributed by atoms with Crippen molar-refractivity contribution in [1.29, 1.82) is 10.7 Å². The van der Waals surface area contributed by atoms with Crippen molar-refractivity contribution in [2.24, 2.45) is 10.8 Å². The van der Waals surface area contributed by atoms with Gasteiger partial charge in [0.2, 0.25) is 5.71 Å².